The molecule has 3 aromatic rings. The highest BCUT2D eigenvalue weighted by Crippen LogP contribution is 2.57. The van der Waals surface area contributed by atoms with Gasteiger partial charge in [0.15, 0.2) is 9.84 Å². The van der Waals surface area contributed by atoms with Crippen molar-refractivity contribution in [2.45, 2.75) is 53.3 Å². The Morgan fingerprint density at radius 1 is 0.875 bits per heavy atom. The second-order valence-electron chi connectivity index (χ2n) is 9.57. The van der Waals surface area contributed by atoms with E-state index in [-0.39, 0.29) is 54.1 Å². The van der Waals surface area contributed by atoms with Gasteiger partial charge in [0.25, 0.3) is 0 Å². The number of halogens is 8. The summed E-state index contributed by atoms with van der Waals surface area (Å²) >= 11 is 0. The molecule has 0 spiro atoms. The van der Waals surface area contributed by atoms with E-state index < -0.39 is 49.9 Å². The largest absolute Gasteiger partial charge is 0.435 e. The molecule has 0 saturated heterocycles. The number of ketones is 1. The Bertz CT molecular complexity index is 1450. The smallest absolute Gasteiger partial charge is 0.299 e. The van der Waals surface area contributed by atoms with E-state index in [2.05, 4.69) is 9.97 Å². The highest BCUT2D eigenvalue weighted by molar-refractivity contribution is 7.92. The molecule has 0 bridgehead atoms. The SMILES string of the molecule is O=C(Cc1cnccn1)CC1CC(c2ccc(C(F)(C(F)(F)F)C(F)(F)F)cc2)(S(=O)(=O)c2ccc(F)cc2)C1. The lowest BCUT2D eigenvalue weighted by molar-refractivity contribution is -0.348. The molecule has 0 radical (unpaired) electrons. The van der Waals surface area contributed by atoms with Crippen LogP contribution in [0.25, 0.3) is 0 Å². The molecule has 0 unspecified atom stereocenters. The number of carbonyl (C=O) groups excluding carboxylic acids is 1. The number of nitrogens with zero attached hydrogens (tertiary/aromatic N) is 2. The van der Waals surface area contributed by atoms with Crippen molar-refractivity contribution in [2.24, 2.45) is 5.92 Å². The van der Waals surface area contributed by atoms with Crippen molar-refractivity contribution in [1.82, 2.24) is 9.97 Å². The monoisotopic (exact) mass is 592 g/mol. The molecule has 0 aliphatic heterocycles. The van der Waals surface area contributed by atoms with E-state index in [4.69, 9.17) is 0 Å². The molecule has 4 rings (SSSR count). The summed E-state index contributed by atoms with van der Waals surface area (Å²) in [5, 5.41) is 0. The van der Waals surface area contributed by atoms with Gasteiger partial charge in [-0.25, -0.2) is 17.2 Å². The van der Waals surface area contributed by atoms with Gasteiger partial charge in [0.05, 0.1) is 17.0 Å². The molecule has 40 heavy (non-hydrogen) atoms. The Hall–Kier alpha value is -3.42. The van der Waals surface area contributed by atoms with Crippen LogP contribution in [0.2, 0.25) is 0 Å². The average molecular weight is 593 g/mol. The van der Waals surface area contributed by atoms with Crippen LogP contribution in [0.15, 0.2) is 72.0 Å². The second-order valence-corrected chi connectivity index (χ2v) is 11.8. The van der Waals surface area contributed by atoms with Crippen LogP contribution in [-0.2, 0) is 31.5 Å². The van der Waals surface area contributed by atoms with Crippen molar-refractivity contribution in [3.8, 4) is 0 Å². The highest BCUT2D eigenvalue weighted by Gasteiger charge is 2.73. The van der Waals surface area contributed by atoms with Crippen LogP contribution in [0.4, 0.5) is 35.1 Å². The number of Topliss-reactive ketones (excluding diaryl/α,β-unsaturated/α-hetero) is 1. The molecule has 5 nitrogen and oxygen atoms in total. The molecule has 1 aromatic heterocycles. The number of hydrogen-bond donors (Lipinski definition) is 0. The Kier molecular flexibility index (Phi) is 7.54. The fourth-order valence-corrected chi connectivity index (χ4v) is 7.28. The van der Waals surface area contributed by atoms with E-state index in [1.165, 1.54) is 18.6 Å². The normalized spacial score (nSPS) is 20.1. The summed E-state index contributed by atoms with van der Waals surface area (Å²) in [5.74, 6) is -1.53. The van der Waals surface area contributed by atoms with Crippen LogP contribution >= 0.6 is 0 Å². The molecule has 2 aromatic carbocycles. The maximum atomic E-state index is 14.5. The van der Waals surface area contributed by atoms with Crippen molar-refractivity contribution in [1.29, 1.82) is 0 Å². The van der Waals surface area contributed by atoms with Gasteiger partial charge in [-0.15, -0.1) is 0 Å². The topological polar surface area (TPSA) is 77.0 Å². The Morgan fingerprint density at radius 3 is 1.95 bits per heavy atom. The fraction of sp³-hybridized carbons (Fsp3) is 0.346. The lowest BCUT2D eigenvalue weighted by Gasteiger charge is -2.47. The zero-order valence-electron chi connectivity index (χ0n) is 20.3. The van der Waals surface area contributed by atoms with Crippen molar-refractivity contribution < 1.29 is 48.3 Å². The molecule has 1 fully saturated rings. The first-order chi connectivity index (χ1) is 18.5. The van der Waals surface area contributed by atoms with E-state index in [1.54, 1.807) is 0 Å². The third-order valence-corrected chi connectivity index (χ3v) is 9.47. The number of hydrogen-bond acceptors (Lipinski definition) is 5. The minimum atomic E-state index is -6.34. The maximum Gasteiger partial charge on any atom is 0.435 e. The Morgan fingerprint density at radius 2 is 1.45 bits per heavy atom. The summed E-state index contributed by atoms with van der Waals surface area (Å²) in [5.41, 5.74) is -7.25. The number of alkyl halides is 7. The van der Waals surface area contributed by atoms with Gasteiger partial charge in [-0.3, -0.25) is 14.8 Å². The van der Waals surface area contributed by atoms with E-state index >= 15 is 0 Å². The zero-order chi connectivity index (χ0) is 29.6. The van der Waals surface area contributed by atoms with Crippen molar-refractivity contribution in [3.63, 3.8) is 0 Å². The number of carbonyl (C=O) groups is 1. The summed E-state index contributed by atoms with van der Waals surface area (Å²) in [6.45, 7) is 0. The molecule has 0 atom stereocenters. The molecule has 0 N–H and O–H groups in total. The van der Waals surface area contributed by atoms with Crippen molar-refractivity contribution >= 4 is 15.6 Å². The molecule has 0 amide bonds. The van der Waals surface area contributed by atoms with Crippen LogP contribution in [0.3, 0.4) is 0 Å². The van der Waals surface area contributed by atoms with Gasteiger partial charge in [-0.1, -0.05) is 24.3 Å². The van der Waals surface area contributed by atoms with E-state index in [0.29, 0.717) is 17.8 Å². The number of sulfone groups is 1. The van der Waals surface area contributed by atoms with Crippen LogP contribution in [0.5, 0.6) is 0 Å². The van der Waals surface area contributed by atoms with Gasteiger partial charge >= 0.3 is 18.0 Å². The average Bonchev–Trinajstić information content (AvgIpc) is 2.85. The summed E-state index contributed by atoms with van der Waals surface area (Å²) in [4.78, 5) is 20.1. The molecule has 1 saturated carbocycles. The Labute approximate surface area is 223 Å². The van der Waals surface area contributed by atoms with Gasteiger partial charge in [0, 0.05) is 30.6 Å². The van der Waals surface area contributed by atoms with E-state index in [1.807, 2.05) is 0 Å². The van der Waals surface area contributed by atoms with Gasteiger partial charge in [0.2, 0.25) is 0 Å². The minimum absolute atomic E-state index is 0.0783. The third-order valence-electron chi connectivity index (χ3n) is 6.98. The molecule has 1 aliphatic rings. The molecule has 14 heteroatoms. The summed E-state index contributed by atoms with van der Waals surface area (Å²) in [7, 11) is -4.40. The van der Waals surface area contributed by atoms with Gasteiger partial charge in [0.1, 0.15) is 16.3 Å². The molecule has 1 heterocycles. The summed E-state index contributed by atoms with van der Waals surface area (Å²) in [6, 6.07) is 5.65. The first kappa shape index (κ1) is 29.6. The molecule has 1 aliphatic carbocycles. The molecular formula is C26H20F8N2O3S. The lowest BCUT2D eigenvalue weighted by atomic mass is 9.68. The van der Waals surface area contributed by atoms with Gasteiger partial charge in [-0.05, 0) is 48.6 Å². The highest BCUT2D eigenvalue weighted by atomic mass is 32.2. The van der Waals surface area contributed by atoms with Gasteiger partial charge in [-0.2, -0.15) is 26.3 Å². The molecule has 214 valence electrons. The summed E-state index contributed by atoms with van der Waals surface area (Å²) in [6.07, 6.45) is -9.07. The maximum absolute atomic E-state index is 14.5. The van der Waals surface area contributed by atoms with E-state index in [9.17, 15) is 48.3 Å². The Balaban J connectivity index is 1.68. The molecular weight excluding hydrogens is 572 g/mol. The third kappa shape index (κ3) is 5.08. The van der Waals surface area contributed by atoms with Crippen LogP contribution in [0, 0.1) is 11.7 Å². The predicted molar refractivity (Wildman–Crippen MR) is 125 cm³/mol. The predicted octanol–water partition coefficient (Wildman–Crippen LogP) is 6.19. The summed E-state index contributed by atoms with van der Waals surface area (Å²) < 4.78 is 133. The lowest BCUT2D eigenvalue weighted by Crippen LogP contribution is -2.50. The first-order valence-corrected chi connectivity index (χ1v) is 13.2. The number of aromatic nitrogens is 2. The second kappa shape index (κ2) is 10.2. The van der Waals surface area contributed by atoms with Crippen molar-refractivity contribution in [2.75, 3.05) is 0 Å². The van der Waals surface area contributed by atoms with Gasteiger partial charge < -0.3 is 0 Å². The first-order valence-electron chi connectivity index (χ1n) is 11.7. The van der Waals surface area contributed by atoms with E-state index in [0.717, 1.165) is 24.3 Å². The number of benzene rings is 2. The van der Waals surface area contributed by atoms with Crippen LogP contribution < -0.4 is 0 Å². The minimum Gasteiger partial charge on any atom is -0.299 e. The van der Waals surface area contributed by atoms with Crippen LogP contribution in [-0.4, -0.2) is 36.5 Å². The fourth-order valence-electron chi connectivity index (χ4n) is 4.98. The number of rotatable bonds is 8. The standard InChI is InChI=1S/C26H20F8N2O3S/c27-19-5-7-22(8-6-19)40(38,39)23(13-16(14-23)11-21(37)12-20-15-35-9-10-36-20)17-1-3-18(4-2-17)24(28,25(29,30)31)26(32,33)34/h1-10,15-16H,11-14H2. The van der Waals surface area contributed by atoms with Crippen molar-refractivity contribution in [3.05, 3.63) is 89.8 Å². The van der Waals surface area contributed by atoms with Crippen LogP contribution in [0.1, 0.15) is 36.1 Å². The zero-order valence-corrected chi connectivity index (χ0v) is 21.1. The quantitative estimate of drug-likeness (QED) is 0.231.